The second-order valence-electron chi connectivity index (χ2n) is 21.0. The summed E-state index contributed by atoms with van der Waals surface area (Å²) in [7, 11) is -0.352. The van der Waals surface area contributed by atoms with Gasteiger partial charge in [-0.05, 0) is 142 Å². The van der Waals surface area contributed by atoms with Crippen LogP contribution in [0.3, 0.4) is 0 Å². The molecule has 1 aliphatic heterocycles. The monoisotopic (exact) mass is 847 g/mol. The number of benzene rings is 6. The van der Waals surface area contributed by atoms with Gasteiger partial charge in [-0.25, -0.2) is 0 Å². The summed E-state index contributed by atoms with van der Waals surface area (Å²) in [5.41, 5.74) is 19.5. The molecular formula is C61H71BO2. The van der Waals surface area contributed by atoms with Crippen molar-refractivity contribution in [2.45, 2.75) is 161 Å². The molecule has 0 N–H and O–H groups in total. The van der Waals surface area contributed by atoms with Crippen LogP contribution in [-0.4, -0.2) is 18.3 Å². The Morgan fingerprint density at radius 1 is 0.375 bits per heavy atom. The minimum absolute atomic E-state index is 0.0829. The molecule has 0 radical (unpaired) electrons. The highest BCUT2D eigenvalue weighted by molar-refractivity contribution is 6.62. The predicted molar refractivity (Wildman–Crippen MR) is 274 cm³/mol. The van der Waals surface area contributed by atoms with Gasteiger partial charge in [-0.15, -0.1) is 0 Å². The van der Waals surface area contributed by atoms with Gasteiger partial charge in [0, 0.05) is 10.8 Å². The van der Waals surface area contributed by atoms with E-state index in [1.54, 1.807) is 11.1 Å². The van der Waals surface area contributed by atoms with E-state index in [0.717, 1.165) is 5.46 Å². The molecule has 9 rings (SSSR count). The Balaban J connectivity index is 0.969. The highest BCUT2D eigenvalue weighted by Crippen LogP contribution is 2.56. The molecule has 6 aromatic carbocycles. The fourth-order valence-electron chi connectivity index (χ4n) is 11.3. The maximum absolute atomic E-state index is 6.30. The zero-order valence-corrected chi connectivity index (χ0v) is 40.2. The van der Waals surface area contributed by atoms with Gasteiger partial charge in [-0.2, -0.15) is 0 Å². The minimum Gasteiger partial charge on any atom is -0.399 e. The molecule has 1 atom stereocenters. The Morgan fingerprint density at radius 3 is 1.27 bits per heavy atom. The van der Waals surface area contributed by atoms with Gasteiger partial charge in [0.15, 0.2) is 0 Å². The molecule has 0 spiro atoms. The third-order valence-corrected chi connectivity index (χ3v) is 15.9. The van der Waals surface area contributed by atoms with Crippen LogP contribution in [0, 0.1) is 0 Å². The molecule has 64 heavy (non-hydrogen) atoms. The molecule has 3 aliphatic rings. The summed E-state index contributed by atoms with van der Waals surface area (Å²) < 4.78 is 12.6. The first-order valence-corrected chi connectivity index (χ1v) is 25.0. The number of hydrogen-bond acceptors (Lipinski definition) is 2. The summed E-state index contributed by atoms with van der Waals surface area (Å²) in [6.07, 6.45) is 17.1. The van der Waals surface area contributed by atoms with Crippen LogP contribution in [0.2, 0.25) is 0 Å². The molecule has 2 nitrogen and oxygen atoms in total. The molecule has 1 heterocycles. The second kappa shape index (κ2) is 17.9. The molecule has 330 valence electrons. The normalized spacial score (nSPS) is 18.5. The minimum atomic E-state index is -0.352. The van der Waals surface area contributed by atoms with E-state index in [0.29, 0.717) is 0 Å². The van der Waals surface area contributed by atoms with Crippen molar-refractivity contribution in [3.63, 3.8) is 0 Å². The third kappa shape index (κ3) is 8.15. The molecule has 1 fully saturated rings. The standard InChI is InChI=1S/C61H71BO2/c1-9-11-13-15-17-21-39-61(38-20-16-14-12-10-2)54-23-19-18-22-50(54)53-37-32-48(42-57(53)61)47-31-36-52-51-35-30-46(40-55(51)58(3,4)56(52)41-47)45-26-24-43(25-27-45)44-28-33-49(34-29-44)62-63-59(5,6)60(7,8)64-62/h18-19,22-37,40-42H,9-17,20-21,38-39H2,1-8H3. The van der Waals surface area contributed by atoms with Gasteiger partial charge in [-0.1, -0.05) is 208 Å². The van der Waals surface area contributed by atoms with Crippen LogP contribution >= 0.6 is 0 Å². The quantitative estimate of drug-likeness (QED) is 0.0672. The Morgan fingerprint density at radius 2 is 0.750 bits per heavy atom. The van der Waals surface area contributed by atoms with Crippen LogP contribution in [0.1, 0.15) is 161 Å². The molecular weight excluding hydrogens is 775 g/mol. The lowest BCUT2D eigenvalue weighted by Gasteiger charge is -2.33. The van der Waals surface area contributed by atoms with Crippen molar-refractivity contribution in [1.82, 2.24) is 0 Å². The summed E-state index contributed by atoms with van der Waals surface area (Å²) in [6, 6.07) is 49.1. The fraction of sp³-hybridized carbons (Fsp3) is 0.410. The summed E-state index contributed by atoms with van der Waals surface area (Å²) in [5, 5.41) is 0. The van der Waals surface area contributed by atoms with Crippen LogP contribution in [0.15, 0.2) is 127 Å². The Labute approximate surface area is 386 Å². The van der Waals surface area contributed by atoms with Gasteiger partial charge in [0.2, 0.25) is 0 Å². The molecule has 1 unspecified atom stereocenters. The van der Waals surface area contributed by atoms with E-state index in [2.05, 4.69) is 183 Å². The zero-order valence-electron chi connectivity index (χ0n) is 40.2. The Kier molecular flexibility index (Phi) is 12.5. The summed E-state index contributed by atoms with van der Waals surface area (Å²) in [4.78, 5) is 0. The van der Waals surface area contributed by atoms with Gasteiger partial charge in [-0.3, -0.25) is 0 Å². The van der Waals surface area contributed by atoms with E-state index < -0.39 is 0 Å². The van der Waals surface area contributed by atoms with Gasteiger partial charge in [0.25, 0.3) is 0 Å². The van der Waals surface area contributed by atoms with Crippen LogP contribution in [0.25, 0.3) is 55.6 Å². The number of hydrogen-bond donors (Lipinski definition) is 0. The molecule has 3 heteroatoms. The van der Waals surface area contributed by atoms with Crippen molar-refractivity contribution in [3.8, 4) is 55.6 Å². The largest absolute Gasteiger partial charge is 0.494 e. The average Bonchev–Trinajstić information content (AvgIpc) is 3.80. The fourth-order valence-corrected chi connectivity index (χ4v) is 11.3. The summed E-state index contributed by atoms with van der Waals surface area (Å²) in [5.74, 6) is 0. The van der Waals surface area contributed by atoms with Crippen molar-refractivity contribution >= 4 is 12.6 Å². The number of rotatable bonds is 17. The lowest BCUT2D eigenvalue weighted by atomic mass is 9.70. The zero-order chi connectivity index (χ0) is 44.7. The smallest absolute Gasteiger partial charge is 0.399 e. The maximum Gasteiger partial charge on any atom is 0.494 e. The molecule has 6 aromatic rings. The predicted octanol–water partition coefficient (Wildman–Crippen LogP) is 16.7. The molecule has 0 saturated carbocycles. The first-order chi connectivity index (χ1) is 30.9. The van der Waals surface area contributed by atoms with E-state index in [1.165, 1.54) is 150 Å². The van der Waals surface area contributed by atoms with Gasteiger partial charge in [0.1, 0.15) is 0 Å². The van der Waals surface area contributed by atoms with Gasteiger partial charge >= 0.3 is 7.12 Å². The van der Waals surface area contributed by atoms with Crippen molar-refractivity contribution in [3.05, 3.63) is 150 Å². The van der Waals surface area contributed by atoms with Crippen LogP contribution in [0.4, 0.5) is 0 Å². The molecule has 0 bridgehead atoms. The lowest BCUT2D eigenvalue weighted by molar-refractivity contribution is 0.00578. The Bertz CT molecular complexity index is 2580. The summed E-state index contributed by atoms with van der Waals surface area (Å²) >= 11 is 0. The van der Waals surface area contributed by atoms with Crippen LogP contribution < -0.4 is 5.46 Å². The van der Waals surface area contributed by atoms with Crippen molar-refractivity contribution in [2.75, 3.05) is 0 Å². The highest BCUT2D eigenvalue weighted by atomic mass is 16.7. The van der Waals surface area contributed by atoms with E-state index in [9.17, 15) is 0 Å². The topological polar surface area (TPSA) is 18.5 Å². The molecule has 0 aromatic heterocycles. The van der Waals surface area contributed by atoms with Crippen molar-refractivity contribution < 1.29 is 9.31 Å². The van der Waals surface area contributed by atoms with E-state index in [4.69, 9.17) is 9.31 Å². The Hall–Kier alpha value is -4.70. The maximum atomic E-state index is 6.30. The van der Waals surface area contributed by atoms with E-state index in [1.807, 2.05) is 0 Å². The lowest BCUT2D eigenvalue weighted by Crippen LogP contribution is -2.41. The summed E-state index contributed by atoms with van der Waals surface area (Å²) in [6.45, 7) is 17.9. The first kappa shape index (κ1) is 44.5. The van der Waals surface area contributed by atoms with E-state index in [-0.39, 0.29) is 29.2 Å². The SMILES string of the molecule is CCCCCCCCC1(CCCCCCC)c2ccccc2-c2ccc(-c3ccc4c(c3)C(C)(C)c3cc(-c5ccc(-c6ccc(B7OC(C)(C)C(C)(C)O7)cc6)cc5)ccc3-4)cc21. The average molecular weight is 847 g/mol. The third-order valence-electron chi connectivity index (χ3n) is 15.9. The molecule has 1 saturated heterocycles. The number of fused-ring (bicyclic) bond motifs is 6. The van der Waals surface area contributed by atoms with Crippen molar-refractivity contribution in [1.29, 1.82) is 0 Å². The van der Waals surface area contributed by atoms with Gasteiger partial charge in [0.05, 0.1) is 11.2 Å². The first-order valence-electron chi connectivity index (χ1n) is 25.0. The molecule has 0 amide bonds. The van der Waals surface area contributed by atoms with Crippen LogP contribution in [0.5, 0.6) is 0 Å². The molecule has 2 aliphatic carbocycles. The van der Waals surface area contributed by atoms with E-state index >= 15 is 0 Å². The number of unbranched alkanes of at least 4 members (excludes halogenated alkanes) is 9. The van der Waals surface area contributed by atoms with Crippen molar-refractivity contribution in [2.24, 2.45) is 0 Å². The van der Waals surface area contributed by atoms with Gasteiger partial charge < -0.3 is 9.31 Å². The highest BCUT2D eigenvalue weighted by Gasteiger charge is 2.51. The van der Waals surface area contributed by atoms with Crippen LogP contribution in [-0.2, 0) is 20.1 Å². The second-order valence-corrected chi connectivity index (χ2v) is 21.0.